The smallest absolute Gasteiger partial charge is 0.321 e. The molecule has 0 unspecified atom stereocenters. The fraction of sp³-hybridized carbons (Fsp3) is 0.476. The lowest BCUT2D eigenvalue weighted by atomic mass is 9.88. The van der Waals surface area contributed by atoms with Gasteiger partial charge in [0.05, 0.1) is 22.9 Å². The lowest BCUT2D eigenvalue weighted by Crippen LogP contribution is -2.48. The number of amides is 3. The van der Waals surface area contributed by atoms with Gasteiger partial charge in [0.15, 0.2) is 0 Å². The fourth-order valence-corrected chi connectivity index (χ4v) is 4.18. The molecule has 148 valence electrons. The first-order valence-corrected chi connectivity index (χ1v) is 9.87. The Balaban J connectivity index is 1.34. The van der Waals surface area contributed by atoms with Gasteiger partial charge in [-0.2, -0.15) is 0 Å². The number of carbonyl (C=O) groups excluding carboxylic acids is 2. The average Bonchev–Trinajstić information content (AvgIpc) is 3.10. The lowest BCUT2D eigenvalue weighted by Gasteiger charge is -2.39. The van der Waals surface area contributed by atoms with Gasteiger partial charge in [0, 0.05) is 38.1 Å². The molecule has 0 radical (unpaired) electrons. The number of urea groups is 1. The first-order chi connectivity index (χ1) is 13.5. The summed E-state index contributed by atoms with van der Waals surface area (Å²) in [5.74, 6) is -0.0287. The molecule has 1 aromatic heterocycles. The second kappa shape index (κ2) is 7.75. The molecular weight excluding hydrogens is 356 g/mol. The van der Waals surface area contributed by atoms with E-state index in [2.05, 4.69) is 15.6 Å². The van der Waals surface area contributed by atoms with Crippen molar-refractivity contribution in [2.24, 2.45) is 0 Å². The number of nitrogens with zero attached hydrogens (tertiary/aromatic N) is 2. The van der Waals surface area contributed by atoms with E-state index in [9.17, 15) is 9.59 Å². The number of hydrogen-bond donors (Lipinski definition) is 2. The maximum Gasteiger partial charge on any atom is 0.321 e. The summed E-state index contributed by atoms with van der Waals surface area (Å²) < 4.78 is 6.26. The van der Waals surface area contributed by atoms with Gasteiger partial charge in [-0.25, -0.2) is 4.79 Å². The van der Waals surface area contributed by atoms with E-state index in [1.807, 2.05) is 35.2 Å². The first-order valence-electron chi connectivity index (χ1n) is 9.87. The van der Waals surface area contributed by atoms with Crippen LogP contribution in [0.15, 0.2) is 36.5 Å². The molecule has 28 heavy (non-hydrogen) atoms. The molecule has 2 fully saturated rings. The number of aromatic nitrogens is 1. The molecule has 0 bridgehead atoms. The summed E-state index contributed by atoms with van der Waals surface area (Å²) >= 11 is 0. The minimum atomic E-state index is -0.152. The van der Waals surface area contributed by atoms with Crippen LogP contribution in [0, 0.1) is 0 Å². The van der Waals surface area contributed by atoms with E-state index in [1.54, 1.807) is 6.20 Å². The molecule has 2 aliphatic heterocycles. The average molecular weight is 382 g/mol. The van der Waals surface area contributed by atoms with Crippen LogP contribution in [-0.4, -0.2) is 53.2 Å². The molecular formula is C21H26N4O3. The van der Waals surface area contributed by atoms with E-state index in [0.717, 1.165) is 42.3 Å². The Morgan fingerprint density at radius 1 is 1.21 bits per heavy atom. The number of benzene rings is 1. The molecule has 2 aromatic rings. The van der Waals surface area contributed by atoms with Crippen LogP contribution in [0.2, 0.25) is 0 Å². The van der Waals surface area contributed by atoms with Crippen molar-refractivity contribution in [1.29, 1.82) is 0 Å². The molecule has 1 aromatic carbocycles. The van der Waals surface area contributed by atoms with Crippen LogP contribution in [-0.2, 0) is 9.53 Å². The SMILES string of the molecule is CC(=O)NC[C@@H]1CCC2(CCN(C(=O)Nc3cccc4cccnc34)CC2)O1. The predicted molar refractivity (Wildman–Crippen MR) is 107 cm³/mol. The zero-order chi connectivity index (χ0) is 19.6. The Bertz CT molecular complexity index is 872. The highest BCUT2D eigenvalue weighted by Gasteiger charge is 2.43. The standard InChI is InChI=1S/C21H26N4O3/c1-15(26)23-14-17-7-8-21(28-17)9-12-25(13-10-21)20(27)24-18-6-2-4-16-5-3-11-22-19(16)18/h2-6,11,17H,7-10,12-14H2,1H3,(H,23,26)(H,24,27)/t17-/m0/s1. The van der Waals surface area contributed by atoms with Gasteiger partial charge in [0.25, 0.3) is 0 Å². The highest BCUT2D eigenvalue weighted by atomic mass is 16.5. The molecule has 3 amide bonds. The van der Waals surface area contributed by atoms with Crippen LogP contribution in [0.5, 0.6) is 0 Å². The number of fused-ring (bicyclic) bond motifs is 1. The minimum Gasteiger partial charge on any atom is -0.370 e. The van der Waals surface area contributed by atoms with E-state index in [4.69, 9.17) is 4.74 Å². The van der Waals surface area contributed by atoms with Crippen LogP contribution >= 0.6 is 0 Å². The van der Waals surface area contributed by atoms with Crippen LogP contribution in [0.3, 0.4) is 0 Å². The summed E-state index contributed by atoms with van der Waals surface area (Å²) in [6.07, 6.45) is 5.40. The highest BCUT2D eigenvalue weighted by Crippen LogP contribution is 2.38. The summed E-state index contributed by atoms with van der Waals surface area (Å²) in [7, 11) is 0. The molecule has 2 N–H and O–H groups in total. The van der Waals surface area contributed by atoms with Gasteiger partial charge in [-0.3, -0.25) is 9.78 Å². The molecule has 7 heteroatoms. The Hall–Kier alpha value is -2.67. The van der Waals surface area contributed by atoms with Gasteiger partial charge in [0.1, 0.15) is 0 Å². The topological polar surface area (TPSA) is 83.6 Å². The lowest BCUT2D eigenvalue weighted by molar-refractivity contribution is -0.120. The molecule has 7 nitrogen and oxygen atoms in total. The van der Waals surface area contributed by atoms with Crippen molar-refractivity contribution in [3.63, 3.8) is 0 Å². The monoisotopic (exact) mass is 382 g/mol. The number of ether oxygens (including phenoxy) is 1. The van der Waals surface area contributed by atoms with E-state index in [0.29, 0.717) is 19.6 Å². The quantitative estimate of drug-likeness (QED) is 0.855. The zero-order valence-electron chi connectivity index (χ0n) is 16.1. The van der Waals surface area contributed by atoms with Gasteiger partial charge in [0.2, 0.25) is 5.91 Å². The summed E-state index contributed by atoms with van der Waals surface area (Å²) in [5.41, 5.74) is 1.38. The number of hydrogen-bond acceptors (Lipinski definition) is 4. The second-order valence-corrected chi connectivity index (χ2v) is 7.70. The van der Waals surface area contributed by atoms with Crippen LogP contribution in [0.1, 0.15) is 32.6 Å². The van der Waals surface area contributed by atoms with E-state index in [1.165, 1.54) is 6.92 Å². The highest BCUT2D eigenvalue weighted by molar-refractivity contribution is 5.99. The normalized spacial score (nSPS) is 21.0. The minimum absolute atomic E-state index is 0.0287. The molecule has 1 spiro atoms. The van der Waals surface area contributed by atoms with Crippen LogP contribution in [0.4, 0.5) is 10.5 Å². The largest absolute Gasteiger partial charge is 0.370 e. The first kappa shape index (κ1) is 18.7. The fourth-order valence-electron chi connectivity index (χ4n) is 4.18. The molecule has 0 saturated carbocycles. The molecule has 4 rings (SSSR count). The van der Waals surface area contributed by atoms with Crippen LogP contribution < -0.4 is 10.6 Å². The number of nitrogens with one attached hydrogen (secondary N) is 2. The van der Waals surface area contributed by atoms with Crippen molar-refractivity contribution in [2.45, 2.75) is 44.3 Å². The van der Waals surface area contributed by atoms with Crippen molar-refractivity contribution in [1.82, 2.24) is 15.2 Å². The van der Waals surface area contributed by atoms with Crippen molar-refractivity contribution in [3.8, 4) is 0 Å². The van der Waals surface area contributed by atoms with Gasteiger partial charge < -0.3 is 20.3 Å². The van der Waals surface area contributed by atoms with Crippen molar-refractivity contribution >= 4 is 28.5 Å². The summed E-state index contributed by atoms with van der Waals surface area (Å²) in [5, 5.41) is 6.85. The molecule has 1 atom stereocenters. The zero-order valence-corrected chi connectivity index (χ0v) is 16.1. The number of pyridine rings is 1. The van der Waals surface area contributed by atoms with Gasteiger partial charge >= 0.3 is 6.03 Å². The van der Waals surface area contributed by atoms with Gasteiger partial charge in [-0.15, -0.1) is 0 Å². The summed E-state index contributed by atoms with van der Waals surface area (Å²) in [6.45, 7) is 3.41. The van der Waals surface area contributed by atoms with Crippen molar-refractivity contribution in [3.05, 3.63) is 36.5 Å². The van der Waals surface area contributed by atoms with Crippen molar-refractivity contribution < 1.29 is 14.3 Å². The van der Waals surface area contributed by atoms with Gasteiger partial charge in [-0.1, -0.05) is 18.2 Å². The molecule has 2 aliphatic rings. The summed E-state index contributed by atoms with van der Waals surface area (Å²) in [6, 6.07) is 9.56. The number of anilines is 1. The molecule has 3 heterocycles. The van der Waals surface area contributed by atoms with E-state index < -0.39 is 0 Å². The molecule has 2 saturated heterocycles. The number of rotatable bonds is 3. The Labute approximate surface area is 164 Å². The third-order valence-electron chi connectivity index (χ3n) is 5.75. The van der Waals surface area contributed by atoms with Gasteiger partial charge in [-0.05, 0) is 37.8 Å². The van der Waals surface area contributed by atoms with Crippen molar-refractivity contribution in [2.75, 3.05) is 25.0 Å². The molecule has 0 aliphatic carbocycles. The number of likely N-dealkylation sites (tertiary alicyclic amines) is 1. The predicted octanol–water partition coefficient (Wildman–Crippen LogP) is 2.92. The Kier molecular flexibility index (Phi) is 5.17. The van der Waals surface area contributed by atoms with Crippen LogP contribution in [0.25, 0.3) is 10.9 Å². The number of carbonyl (C=O) groups is 2. The maximum absolute atomic E-state index is 12.8. The number of piperidine rings is 1. The Morgan fingerprint density at radius 2 is 2.00 bits per heavy atom. The number of para-hydroxylation sites is 1. The third-order valence-corrected chi connectivity index (χ3v) is 5.75. The maximum atomic E-state index is 12.8. The summed E-state index contributed by atoms with van der Waals surface area (Å²) in [4.78, 5) is 30.1. The van der Waals surface area contributed by atoms with E-state index >= 15 is 0 Å². The second-order valence-electron chi connectivity index (χ2n) is 7.70. The third kappa shape index (κ3) is 3.94. The Morgan fingerprint density at radius 3 is 2.79 bits per heavy atom. The van der Waals surface area contributed by atoms with E-state index in [-0.39, 0.29) is 23.6 Å².